The van der Waals surface area contributed by atoms with Gasteiger partial charge in [-0.25, -0.2) is 8.42 Å². The van der Waals surface area contributed by atoms with Gasteiger partial charge in [-0.05, 0) is 34.1 Å². The maximum Gasteiger partial charge on any atom is 0.413 e. The van der Waals surface area contributed by atoms with Gasteiger partial charge in [0, 0.05) is 8.95 Å². The van der Waals surface area contributed by atoms with Crippen molar-refractivity contribution in [1.29, 1.82) is 0 Å². The molecule has 0 amide bonds. The first-order chi connectivity index (χ1) is 8.12. The van der Waals surface area contributed by atoms with Crippen molar-refractivity contribution in [3.8, 4) is 0 Å². The Morgan fingerprint density at radius 3 is 2.39 bits per heavy atom. The van der Waals surface area contributed by atoms with Gasteiger partial charge in [-0.2, -0.15) is 13.2 Å². The Balaban J connectivity index is 2.81. The monoisotopic (exact) mass is 411 g/mol. The highest BCUT2D eigenvalue weighted by atomic mass is 79.9. The standard InChI is InChI=1S/C8H6Br2F3NO3S/c9-5-1-2-7(6(10)3-5)18(15,16)14-17-4-8(11,12)13/h1-3,14H,4H2. The molecule has 0 saturated carbocycles. The molecule has 1 rings (SSSR count). The zero-order valence-electron chi connectivity index (χ0n) is 8.46. The summed E-state index contributed by atoms with van der Waals surface area (Å²) in [4.78, 5) is 5.08. The van der Waals surface area contributed by atoms with Crippen molar-refractivity contribution in [2.75, 3.05) is 6.61 Å². The number of halogens is 5. The average molecular weight is 413 g/mol. The highest BCUT2D eigenvalue weighted by Gasteiger charge is 2.29. The zero-order valence-corrected chi connectivity index (χ0v) is 12.5. The molecule has 0 heterocycles. The summed E-state index contributed by atoms with van der Waals surface area (Å²) in [5.74, 6) is 0. The molecule has 0 bridgehead atoms. The SMILES string of the molecule is O=S(=O)(NOCC(F)(F)F)c1ccc(Br)cc1Br. The van der Waals surface area contributed by atoms with Crippen LogP contribution in [-0.2, 0) is 14.9 Å². The van der Waals surface area contributed by atoms with E-state index in [-0.39, 0.29) is 9.37 Å². The summed E-state index contributed by atoms with van der Waals surface area (Å²) in [5.41, 5.74) is 0. The molecule has 0 aliphatic carbocycles. The molecule has 0 unspecified atom stereocenters. The minimum absolute atomic E-state index is 0.194. The second-order valence-electron chi connectivity index (χ2n) is 3.07. The van der Waals surface area contributed by atoms with Crippen LogP contribution in [0.15, 0.2) is 32.0 Å². The Morgan fingerprint density at radius 2 is 1.89 bits per heavy atom. The molecule has 0 aromatic heterocycles. The fourth-order valence-corrected chi connectivity index (χ4v) is 3.48. The Bertz CT molecular complexity index is 533. The molecule has 0 aliphatic heterocycles. The van der Waals surface area contributed by atoms with Gasteiger partial charge in [-0.3, -0.25) is 4.84 Å². The quantitative estimate of drug-likeness (QED) is 0.773. The van der Waals surface area contributed by atoms with Crippen molar-refractivity contribution >= 4 is 41.9 Å². The summed E-state index contributed by atoms with van der Waals surface area (Å²) in [7, 11) is -4.17. The maximum absolute atomic E-state index is 11.8. The van der Waals surface area contributed by atoms with E-state index >= 15 is 0 Å². The van der Waals surface area contributed by atoms with Crippen LogP contribution in [0.3, 0.4) is 0 Å². The van der Waals surface area contributed by atoms with E-state index in [9.17, 15) is 21.6 Å². The number of sulfonamides is 1. The van der Waals surface area contributed by atoms with Gasteiger partial charge >= 0.3 is 6.18 Å². The summed E-state index contributed by atoms with van der Waals surface area (Å²) in [6.07, 6.45) is -4.61. The molecule has 1 aromatic carbocycles. The third kappa shape index (κ3) is 4.84. The molecule has 18 heavy (non-hydrogen) atoms. The Kier molecular flexibility index (Phi) is 5.18. The van der Waals surface area contributed by atoms with E-state index in [2.05, 4.69) is 36.7 Å². The smallest absolute Gasteiger partial charge is 0.277 e. The van der Waals surface area contributed by atoms with Gasteiger partial charge in [-0.1, -0.05) is 20.8 Å². The first kappa shape index (κ1) is 15.9. The second kappa shape index (κ2) is 5.87. The predicted octanol–water partition coefficient (Wildman–Crippen LogP) is 2.98. The molecule has 102 valence electrons. The van der Waals surface area contributed by atoms with Crippen LogP contribution in [0.2, 0.25) is 0 Å². The van der Waals surface area contributed by atoms with Crippen molar-refractivity contribution in [3.05, 3.63) is 27.1 Å². The van der Waals surface area contributed by atoms with Crippen LogP contribution in [0.5, 0.6) is 0 Å². The molecule has 0 fully saturated rings. The molecule has 0 aliphatic rings. The van der Waals surface area contributed by atoms with Crippen molar-refractivity contribution in [2.24, 2.45) is 0 Å². The fourth-order valence-electron chi connectivity index (χ4n) is 0.927. The fraction of sp³-hybridized carbons (Fsp3) is 0.250. The van der Waals surface area contributed by atoms with Crippen molar-refractivity contribution in [1.82, 2.24) is 4.89 Å². The predicted molar refractivity (Wildman–Crippen MR) is 64.2 cm³/mol. The molecule has 0 saturated heterocycles. The molecular formula is C8H6Br2F3NO3S. The van der Waals surface area contributed by atoms with Gasteiger partial charge in [0.15, 0.2) is 6.61 Å². The van der Waals surface area contributed by atoms with Crippen LogP contribution < -0.4 is 4.89 Å². The Hall–Kier alpha value is -0.160. The normalized spacial score (nSPS) is 12.7. The number of hydrogen-bond acceptors (Lipinski definition) is 3. The minimum Gasteiger partial charge on any atom is -0.277 e. The van der Waals surface area contributed by atoms with E-state index in [0.29, 0.717) is 4.47 Å². The van der Waals surface area contributed by atoms with Crippen LogP contribution in [0.4, 0.5) is 13.2 Å². The summed E-state index contributed by atoms with van der Waals surface area (Å²) in [6.45, 7) is -1.71. The largest absolute Gasteiger partial charge is 0.413 e. The lowest BCUT2D eigenvalue weighted by Crippen LogP contribution is -2.29. The second-order valence-corrected chi connectivity index (χ2v) is 6.45. The summed E-state index contributed by atoms with van der Waals surface area (Å²) < 4.78 is 59.4. The first-order valence-electron chi connectivity index (χ1n) is 4.27. The lowest BCUT2D eigenvalue weighted by atomic mass is 10.4. The van der Waals surface area contributed by atoms with Gasteiger partial charge in [0.25, 0.3) is 10.0 Å². The van der Waals surface area contributed by atoms with Crippen molar-refractivity contribution < 1.29 is 26.4 Å². The topological polar surface area (TPSA) is 55.4 Å². The van der Waals surface area contributed by atoms with Gasteiger partial charge in [0.1, 0.15) is 0 Å². The number of alkyl halides is 3. The van der Waals surface area contributed by atoms with Gasteiger partial charge in [-0.15, -0.1) is 0 Å². The zero-order chi connectivity index (χ0) is 14.0. The van der Waals surface area contributed by atoms with Crippen molar-refractivity contribution in [3.63, 3.8) is 0 Å². The lowest BCUT2D eigenvalue weighted by molar-refractivity contribution is -0.181. The number of rotatable bonds is 4. The average Bonchev–Trinajstić information content (AvgIpc) is 2.13. The van der Waals surface area contributed by atoms with E-state index in [1.54, 1.807) is 0 Å². The molecule has 4 nitrogen and oxygen atoms in total. The number of hydrogen-bond donors (Lipinski definition) is 1. The van der Waals surface area contributed by atoms with Gasteiger partial charge in [0.2, 0.25) is 0 Å². The van der Waals surface area contributed by atoms with Crippen LogP contribution in [-0.4, -0.2) is 21.2 Å². The van der Waals surface area contributed by atoms with Crippen LogP contribution >= 0.6 is 31.9 Å². The van der Waals surface area contributed by atoms with Gasteiger partial charge in [0.05, 0.1) is 4.90 Å². The van der Waals surface area contributed by atoms with Crippen LogP contribution in [0, 0.1) is 0 Å². The highest BCUT2D eigenvalue weighted by molar-refractivity contribution is 9.11. The first-order valence-corrected chi connectivity index (χ1v) is 7.34. The van der Waals surface area contributed by atoms with E-state index in [4.69, 9.17) is 0 Å². The maximum atomic E-state index is 11.8. The summed E-state index contributed by atoms with van der Waals surface area (Å²) >= 11 is 6.10. The Labute approximate surface area is 118 Å². The minimum atomic E-state index is -4.61. The van der Waals surface area contributed by atoms with E-state index in [1.807, 2.05) is 0 Å². The highest BCUT2D eigenvalue weighted by Crippen LogP contribution is 2.25. The third-order valence-electron chi connectivity index (χ3n) is 1.59. The lowest BCUT2D eigenvalue weighted by Gasteiger charge is -2.10. The van der Waals surface area contributed by atoms with Gasteiger partial charge < -0.3 is 0 Å². The molecule has 1 aromatic rings. The molecular weight excluding hydrogens is 407 g/mol. The molecule has 10 heteroatoms. The molecule has 1 N–H and O–H groups in total. The van der Waals surface area contributed by atoms with E-state index in [1.165, 1.54) is 23.1 Å². The summed E-state index contributed by atoms with van der Waals surface area (Å²) in [5, 5.41) is 0. The van der Waals surface area contributed by atoms with E-state index < -0.39 is 22.8 Å². The van der Waals surface area contributed by atoms with Crippen LogP contribution in [0.1, 0.15) is 0 Å². The molecule has 0 radical (unpaired) electrons. The third-order valence-corrected chi connectivity index (χ3v) is 4.27. The number of benzene rings is 1. The molecule has 0 atom stereocenters. The number of nitrogens with one attached hydrogen (secondary N) is 1. The summed E-state index contributed by atoms with van der Waals surface area (Å²) in [6, 6.07) is 4.09. The Morgan fingerprint density at radius 1 is 1.28 bits per heavy atom. The molecule has 0 spiro atoms. The van der Waals surface area contributed by atoms with Crippen LogP contribution in [0.25, 0.3) is 0 Å². The van der Waals surface area contributed by atoms with E-state index in [0.717, 1.165) is 0 Å². The van der Waals surface area contributed by atoms with Crippen molar-refractivity contribution in [2.45, 2.75) is 11.1 Å².